The fourth-order valence-electron chi connectivity index (χ4n) is 2.95. The van der Waals surface area contributed by atoms with Crippen LogP contribution in [0.2, 0.25) is 0 Å². The van der Waals surface area contributed by atoms with E-state index in [1.807, 2.05) is 42.5 Å². The Hall–Kier alpha value is -2.64. The molecule has 1 N–H and O–H groups in total. The van der Waals surface area contributed by atoms with E-state index in [4.69, 9.17) is 26.1 Å². The minimum atomic E-state index is 0.372. The number of hydrogen-bond donors (Lipinski definition) is 1. The molecule has 0 spiro atoms. The molecule has 1 atom stereocenters. The zero-order chi connectivity index (χ0) is 19.4. The van der Waals surface area contributed by atoms with Crippen LogP contribution in [0.1, 0.15) is 11.1 Å². The lowest BCUT2D eigenvalue weighted by Crippen LogP contribution is -3.07. The smallest absolute Gasteiger partial charge is 0.292 e. The van der Waals surface area contributed by atoms with Crippen LogP contribution in [0.3, 0.4) is 0 Å². The van der Waals surface area contributed by atoms with Crippen molar-refractivity contribution in [1.29, 1.82) is 0 Å². The first-order valence-corrected chi connectivity index (χ1v) is 9.08. The van der Waals surface area contributed by atoms with Gasteiger partial charge in [-0.1, -0.05) is 18.2 Å². The molecular weight excluding hydrogens is 362 g/mol. The van der Waals surface area contributed by atoms with Crippen LogP contribution in [-0.2, 0) is 13.2 Å². The van der Waals surface area contributed by atoms with Crippen LogP contribution < -0.4 is 14.4 Å². The molecule has 0 radical (unpaired) electrons. The van der Waals surface area contributed by atoms with E-state index in [1.54, 1.807) is 18.9 Å². The first-order valence-electron chi connectivity index (χ1n) is 8.68. The van der Waals surface area contributed by atoms with Gasteiger partial charge in [0, 0.05) is 11.1 Å². The van der Waals surface area contributed by atoms with Crippen LogP contribution in [0.4, 0.5) is 0 Å². The predicted octanol–water partition coefficient (Wildman–Crippen LogP) is 2.87. The molecule has 0 saturated heterocycles. The van der Waals surface area contributed by atoms with Gasteiger partial charge in [-0.3, -0.25) is 0 Å². The van der Waals surface area contributed by atoms with Gasteiger partial charge in [0.15, 0.2) is 18.2 Å². The Balaban J connectivity index is 1.76. The Morgan fingerprint density at radius 1 is 1.11 bits per heavy atom. The van der Waals surface area contributed by atoms with Crippen LogP contribution in [0.15, 0.2) is 46.9 Å². The van der Waals surface area contributed by atoms with Crippen molar-refractivity contribution in [2.45, 2.75) is 20.1 Å². The molecule has 0 bridgehead atoms. The van der Waals surface area contributed by atoms with Gasteiger partial charge in [-0.25, -0.2) is 0 Å². The van der Waals surface area contributed by atoms with E-state index in [9.17, 15) is 0 Å². The number of aryl methyl sites for hydroxylation is 1. The number of rotatable bonds is 7. The second-order valence-electron chi connectivity index (χ2n) is 6.46. The SMILES string of the molecule is COc1cc(C)c(C[NH+](C)Cn2nc(-c3ccccc3)oc2=S)cc1OC. The zero-order valence-corrected chi connectivity index (χ0v) is 16.8. The molecule has 1 unspecified atom stereocenters. The summed E-state index contributed by atoms with van der Waals surface area (Å²) in [6.07, 6.45) is 0. The van der Waals surface area contributed by atoms with Gasteiger partial charge in [0.1, 0.15) is 6.54 Å². The monoisotopic (exact) mass is 386 g/mol. The molecule has 0 fully saturated rings. The molecule has 142 valence electrons. The molecule has 7 heteroatoms. The Kier molecular flexibility index (Phi) is 5.93. The second-order valence-corrected chi connectivity index (χ2v) is 6.81. The van der Waals surface area contributed by atoms with Crippen LogP contribution in [0.5, 0.6) is 11.5 Å². The van der Waals surface area contributed by atoms with Crippen molar-refractivity contribution >= 4 is 12.2 Å². The van der Waals surface area contributed by atoms with E-state index >= 15 is 0 Å². The maximum atomic E-state index is 5.66. The van der Waals surface area contributed by atoms with Crippen molar-refractivity contribution in [3.8, 4) is 23.0 Å². The quantitative estimate of drug-likeness (QED) is 0.633. The topological polar surface area (TPSA) is 53.9 Å². The lowest BCUT2D eigenvalue weighted by molar-refractivity contribution is -0.917. The highest BCUT2D eigenvalue weighted by Crippen LogP contribution is 2.29. The van der Waals surface area contributed by atoms with E-state index in [-0.39, 0.29) is 0 Å². The Bertz CT molecular complexity index is 966. The number of nitrogens with zero attached hydrogens (tertiary/aromatic N) is 2. The van der Waals surface area contributed by atoms with Crippen molar-refractivity contribution in [3.63, 3.8) is 0 Å². The Morgan fingerprint density at radius 3 is 2.44 bits per heavy atom. The molecule has 6 nitrogen and oxygen atoms in total. The standard InChI is InChI=1S/C20H23N3O3S/c1-14-10-17(24-3)18(25-4)11-16(14)12-22(2)13-23-20(27)26-19(21-23)15-8-6-5-7-9-15/h5-11H,12-13H2,1-4H3/p+1. The highest BCUT2D eigenvalue weighted by Gasteiger charge is 2.15. The largest absolute Gasteiger partial charge is 0.493 e. The normalized spacial score (nSPS) is 12.0. The molecule has 1 aromatic heterocycles. The molecule has 0 aliphatic rings. The van der Waals surface area contributed by atoms with Crippen molar-refractivity contribution in [2.75, 3.05) is 21.3 Å². The number of methoxy groups -OCH3 is 2. The van der Waals surface area contributed by atoms with Gasteiger partial charge < -0.3 is 18.8 Å². The molecule has 2 aromatic carbocycles. The average molecular weight is 386 g/mol. The molecular formula is C20H24N3O3S+. The van der Waals surface area contributed by atoms with Crippen molar-refractivity contribution in [1.82, 2.24) is 9.78 Å². The Labute approximate surface area is 163 Å². The molecule has 3 rings (SSSR count). The van der Waals surface area contributed by atoms with Crippen LogP contribution in [-0.4, -0.2) is 31.0 Å². The number of quaternary nitrogens is 1. The molecule has 0 aliphatic heterocycles. The van der Waals surface area contributed by atoms with E-state index in [1.165, 1.54) is 10.5 Å². The molecule has 1 heterocycles. The summed E-state index contributed by atoms with van der Waals surface area (Å²) in [5.41, 5.74) is 3.25. The van der Waals surface area contributed by atoms with Crippen LogP contribution in [0, 0.1) is 11.8 Å². The highest BCUT2D eigenvalue weighted by atomic mass is 32.1. The van der Waals surface area contributed by atoms with E-state index < -0.39 is 0 Å². The van der Waals surface area contributed by atoms with Gasteiger partial charge in [-0.05, 0) is 49.0 Å². The maximum absolute atomic E-state index is 5.66. The third kappa shape index (κ3) is 4.37. The maximum Gasteiger partial charge on any atom is 0.292 e. The van der Waals surface area contributed by atoms with Gasteiger partial charge >= 0.3 is 0 Å². The minimum Gasteiger partial charge on any atom is -0.493 e. The van der Waals surface area contributed by atoms with Gasteiger partial charge in [-0.2, -0.15) is 4.68 Å². The van der Waals surface area contributed by atoms with Crippen molar-refractivity contribution in [2.24, 2.45) is 0 Å². The van der Waals surface area contributed by atoms with Crippen LogP contribution >= 0.6 is 12.2 Å². The summed E-state index contributed by atoms with van der Waals surface area (Å²) < 4.78 is 18.2. The summed E-state index contributed by atoms with van der Waals surface area (Å²) in [5, 5.41) is 4.53. The first kappa shape index (κ1) is 19.1. The fraction of sp³-hybridized carbons (Fsp3) is 0.300. The van der Waals surface area contributed by atoms with E-state index in [0.717, 1.165) is 29.2 Å². The summed E-state index contributed by atoms with van der Waals surface area (Å²) >= 11 is 5.34. The summed E-state index contributed by atoms with van der Waals surface area (Å²) in [6.45, 7) is 3.46. The molecule has 27 heavy (non-hydrogen) atoms. The van der Waals surface area contributed by atoms with Gasteiger partial charge in [0.2, 0.25) is 5.89 Å². The highest BCUT2D eigenvalue weighted by molar-refractivity contribution is 7.71. The zero-order valence-electron chi connectivity index (χ0n) is 16.0. The number of aromatic nitrogens is 2. The van der Waals surface area contributed by atoms with Gasteiger partial charge in [0.05, 0.1) is 21.3 Å². The third-order valence-corrected chi connectivity index (χ3v) is 4.68. The number of benzene rings is 2. The van der Waals surface area contributed by atoms with Gasteiger partial charge in [-0.15, -0.1) is 5.10 Å². The molecule has 3 aromatic rings. The number of nitrogens with one attached hydrogen (secondary N) is 1. The van der Waals surface area contributed by atoms with Gasteiger partial charge in [0.25, 0.3) is 4.84 Å². The number of hydrogen-bond acceptors (Lipinski definition) is 5. The summed E-state index contributed by atoms with van der Waals surface area (Å²) in [7, 11) is 5.38. The van der Waals surface area contributed by atoms with Crippen molar-refractivity contribution < 1.29 is 18.8 Å². The summed E-state index contributed by atoms with van der Waals surface area (Å²) in [6, 6.07) is 13.8. The molecule has 0 saturated carbocycles. The average Bonchev–Trinajstić information content (AvgIpc) is 3.04. The van der Waals surface area contributed by atoms with E-state index in [0.29, 0.717) is 17.4 Å². The second kappa shape index (κ2) is 8.37. The summed E-state index contributed by atoms with van der Waals surface area (Å²) in [5.74, 6) is 2.01. The minimum absolute atomic E-state index is 0.372. The number of ether oxygens (including phenoxy) is 2. The summed E-state index contributed by atoms with van der Waals surface area (Å²) in [4.78, 5) is 1.59. The lowest BCUT2D eigenvalue weighted by Gasteiger charge is -2.17. The molecule has 0 aliphatic carbocycles. The first-order chi connectivity index (χ1) is 13.0. The molecule has 0 amide bonds. The Morgan fingerprint density at radius 2 is 1.78 bits per heavy atom. The predicted molar refractivity (Wildman–Crippen MR) is 106 cm³/mol. The van der Waals surface area contributed by atoms with Crippen molar-refractivity contribution in [3.05, 3.63) is 58.4 Å². The van der Waals surface area contributed by atoms with E-state index in [2.05, 4.69) is 19.1 Å². The van der Waals surface area contributed by atoms with Crippen LogP contribution in [0.25, 0.3) is 11.5 Å². The lowest BCUT2D eigenvalue weighted by atomic mass is 10.1. The fourth-order valence-corrected chi connectivity index (χ4v) is 3.14. The third-order valence-electron chi connectivity index (χ3n) is 4.38.